The minimum Gasteiger partial charge on any atom is -0.465 e. The molecule has 1 unspecified atom stereocenters. The van der Waals surface area contributed by atoms with E-state index in [9.17, 15) is 9.59 Å². The second-order valence-corrected chi connectivity index (χ2v) is 7.90. The van der Waals surface area contributed by atoms with Crippen LogP contribution in [-0.4, -0.2) is 55.6 Å². The number of benzene rings is 1. The number of ether oxygens (including phenoxy) is 1. The van der Waals surface area contributed by atoms with Crippen molar-refractivity contribution in [3.8, 4) is 0 Å². The molecule has 0 aliphatic carbocycles. The first-order valence-corrected chi connectivity index (χ1v) is 11.3. The minimum absolute atomic E-state index is 0.152. The van der Waals surface area contributed by atoms with Crippen molar-refractivity contribution in [3.63, 3.8) is 0 Å². The summed E-state index contributed by atoms with van der Waals surface area (Å²) in [5, 5.41) is 5.80. The Hall–Kier alpha value is -2.90. The number of amides is 2. The third-order valence-electron chi connectivity index (χ3n) is 5.94. The molecule has 0 spiro atoms. The zero-order valence-corrected chi connectivity index (χ0v) is 18.9. The van der Waals surface area contributed by atoms with E-state index < -0.39 is 0 Å². The van der Waals surface area contributed by atoms with Crippen LogP contribution in [0.15, 0.2) is 58.8 Å². The van der Waals surface area contributed by atoms with Gasteiger partial charge in [0.1, 0.15) is 11.5 Å². The van der Waals surface area contributed by atoms with E-state index in [0.717, 1.165) is 25.9 Å². The third-order valence-corrected chi connectivity index (χ3v) is 5.94. The van der Waals surface area contributed by atoms with Gasteiger partial charge < -0.3 is 19.8 Å². The van der Waals surface area contributed by atoms with Crippen molar-refractivity contribution in [2.75, 3.05) is 32.8 Å². The van der Waals surface area contributed by atoms with Crippen molar-refractivity contribution in [2.24, 2.45) is 5.92 Å². The van der Waals surface area contributed by atoms with E-state index in [1.165, 1.54) is 6.26 Å². The molecule has 0 saturated carbocycles. The summed E-state index contributed by atoms with van der Waals surface area (Å²) in [6, 6.07) is 12.5. The lowest BCUT2D eigenvalue weighted by Crippen LogP contribution is -2.52. The van der Waals surface area contributed by atoms with Crippen LogP contribution in [0.25, 0.3) is 6.08 Å². The second-order valence-electron chi connectivity index (χ2n) is 7.90. The van der Waals surface area contributed by atoms with E-state index in [1.807, 2.05) is 6.07 Å². The van der Waals surface area contributed by atoms with E-state index in [0.29, 0.717) is 37.0 Å². The lowest BCUT2D eigenvalue weighted by molar-refractivity contribution is -0.118. The van der Waals surface area contributed by atoms with Gasteiger partial charge in [0.05, 0.1) is 19.5 Å². The zero-order valence-electron chi connectivity index (χ0n) is 18.9. The van der Waals surface area contributed by atoms with Crippen LogP contribution in [0.1, 0.15) is 42.8 Å². The Bertz CT molecular complexity index is 870. The molecule has 1 aromatic heterocycles. The first kappa shape index (κ1) is 23.8. The highest BCUT2D eigenvalue weighted by molar-refractivity contribution is 6.05. The summed E-state index contributed by atoms with van der Waals surface area (Å²) in [6.07, 6.45) is 5.15. The number of carbonyl (C=O) groups is 2. The highest BCUT2D eigenvalue weighted by Gasteiger charge is 2.28. The zero-order chi connectivity index (χ0) is 22.8. The van der Waals surface area contributed by atoms with Crippen molar-refractivity contribution in [1.29, 1.82) is 0 Å². The fourth-order valence-electron chi connectivity index (χ4n) is 4.09. The number of nitrogens with one attached hydrogen (secondary N) is 2. The normalized spacial score (nSPS) is 16.0. The molecule has 7 nitrogen and oxygen atoms in total. The van der Waals surface area contributed by atoms with Crippen molar-refractivity contribution in [2.45, 2.75) is 32.7 Å². The Labute approximate surface area is 189 Å². The summed E-state index contributed by atoms with van der Waals surface area (Å²) in [7, 11) is 0. The molecule has 1 aromatic carbocycles. The maximum Gasteiger partial charge on any atom is 0.267 e. The van der Waals surface area contributed by atoms with Crippen LogP contribution in [-0.2, 0) is 9.53 Å². The number of morpholine rings is 1. The lowest BCUT2D eigenvalue weighted by atomic mass is 9.92. The van der Waals surface area contributed by atoms with Gasteiger partial charge in [-0.15, -0.1) is 0 Å². The molecule has 2 N–H and O–H groups in total. The molecule has 2 amide bonds. The van der Waals surface area contributed by atoms with E-state index in [-0.39, 0.29) is 23.6 Å². The Kier molecular flexibility index (Phi) is 9.07. The van der Waals surface area contributed by atoms with Gasteiger partial charge in [0, 0.05) is 37.3 Å². The fourth-order valence-corrected chi connectivity index (χ4v) is 4.09. The molecule has 1 fully saturated rings. The second kappa shape index (κ2) is 12.2. The van der Waals surface area contributed by atoms with E-state index in [2.05, 4.69) is 29.4 Å². The van der Waals surface area contributed by atoms with Crippen molar-refractivity contribution >= 4 is 17.9 Å². The van der Waals surface area contributed by atoms with E-state index >= 15 is 0 Å². The molecule has 7 heteroatoms. The number of carbonyl (C=O) groups excluding carboxylic acids is 2. The number of hydrogen-bond acceptors (Lipinski definition) is 5. The van der Waals surface area contributed by atoms with Crippen LogP contribution in [0.5, 0.6) is 0 Å². The van der Waals surface area contributed by atoms with Gasteiger partial charge in [-0.05, 0) is 30.2 Å². The summed E-state index contributed by atoms with van der Waals surface area (Å²) in [5.74, 6) is 0.274. The maximum absolute atomic E-state index is 13.1. The molecule has 3 rings (SSSR count). The highest BCUT2D eigenvalue weighted by Crippen LogP contribution is 2.20. The maximum atomic E-state index is 13.1. The quantitative estimate of drug-likeness (QED) is 0.555. The van der Waals surface area contributed by atoms with Crippen LogP contribution in [0.2, 0.25) is 0 Å². The molecule has 0 bridgehead atoms. The fraction of sp³-hybridized carbons (Fsp3) is 0.440. The van der Waals surface area contributed by atoms with Crippen LogP contribution in [0.3, 0.4) is 0 Å². The lowest BCUT2D eigenvalue weighted by Gasteiger charge is -2.38. The van der Waals surface area contributed by atoms with Gasteiger partial charge in [-0.25, -0.2) is 0 Å². The minimum atomic E-state index is -0.344. The summed E-state index contributed by atoms with van der Waals surface area (Å²) in [5.41, 5.74) is 0.632. The average Bonchev–Trinajstić information content (AvgIpc) is 3.35. The molecule has 0 radical (unpaired) electrons. The average molecular weight is 440 g/mol. The van der Waals surface area contributed by atoms with Gasteiger partial charge in [0.25, 0.3) is 11.8 Å². The summed E-state index contributed by atoms with van der Waals surface area (Å²) < 4.78 is 10.9. The monoisotopic (exact) mass is 439 g/mol. The van der Waals surface area contributed by atoms with Crippen LogP contribution in [0, 0.1) is 5.92 Å². The third kappa shape index (κ3) is 6.55. The largest absolute Gasteiger partial charge is 0.465 e. The Morgan fingerprint density at radius 3 is 2.41 bits per heavy atom. The van der Waals surface area contributed by atoms with E-state index in [4.69, 9.17) is 9.15 Å². The van der Waals surface area contributed by atoms with Crippen LogP contribution in [0.4, 0.5) is 0 Å². The number of rotatable bonds is 10. The molecule has 1 atom stereocenters. The van der Waals surface area contributed by atoms with Gasteiger partial charge in [0.15, 0.2) is 0 Å². The van der Waals surface area contributed by atoms with Crippen molar-refractivity contribution < 1.29 is 18.7 Å². The smallest absolute Gasteiger partial charge is 0.267 e. The number of furan rings is 1. The molecule has 1 aliphatic rings. The van der Waals surface area contributed by atoms with Gasteiger partial charge in [-0.1, -0.05) is 44.9 Å². The standard InChI is InChI=1S/C25H33N3O4/c1-3-19(4-2)23(28-12-15-31-16-13-28)18-26-25(30)22(17-21-11-8-14-32-21)27-24(29)20-9-6-5-7-10-20/h5-11,14,17,19,23H,3-4,12-13,15-16,18H2,1-2H3,(H,26,30)(H,27,29)/b22-17-. The van der Waals surface area contributed by atoms with Gasteiger partial charge >= 0.3 is 0 Å². The molecule has 32 heavy (non-hydrogen) atoms. The van der Waals surface area contributed by atoms with Gasteiger partial charge in [-0.2, -0.15) is 0 Å². The summed E-state index contributed by atoms with van der Waals surface area (Å²) in [6.45, 7) is 8.01. The Balaban J connectivity index is 1.73. The molecule has 172 valence electrons. The molecular formula is C25H33N3O4. The molecule has 2 aromatic rings. The summed E-state index contributed by atoms with van der Waals surface area (Å²) >= 11 is 0. The Morgan fingerprint density at radius 1 is 1.06 bits per heavy atom. The summed E-state index contributed by atoms with van der Waals surface area (Å²) in [4.78, 5) is 28.2. The van der Waals surface area contributed by atoms with Crippen molar-refractivity contribution in [1.82, 2.24) is 15.5 Å². The van der Waals surface area contributed by atoms with Gasteiger partial charge in [-0.3, -0.25) is 14.5 Å². The topological polar surface area (TPSA) is 83.8 Å². The number of hydrogen-bond donors (Lipinski definition) is 2. The predicted octanol–water partition coefficient (Wildman–Crippen LogP) is 3.30. The van der Waals surface area contributed by atoms with Gasteiger partial charge in [0.2, 0.25) is 0 Å². The molecular weight excluding hydrogens is 406 g/mol. The highest BCUT2D eigenvalue weighted by atomic mass is 16.5. The first-order chi connectivity index (χ1) is 15.6. The van der Waals surface area contributed by atoms with Crippen LogP contribution >= 0.6 is 0 Å². The molecule has 1 aliphatic heterocycles. The SMILES string of the molecule is CCC(CC)C(CNC(=O)/C(=C/c1ccco1)NC(=O)c1ccccc1)N1CCOCC1. The predicted molar refractivity (Wildman–Crippen MR) is 124 cm³/mol. The van der Waals surface area contributed by atoms with Crippen LogP contribution < -0.4 is 10.6 Å². The first-order valence-electron chi connectivity index (χ1n) is 11.3. The van der Waals surface area contributed by atoms with Crippen molar-refractivity contribution in [3.05, 3.63) is 65.7 Å². The Morgan fingerprint density at radius 2 is 1.78 bits per heavy atom. The number of nitrogens with zero attached hydrogens (tertiary/aromatic N) is 1. The molecule has 1 saturated heterocycles. The molecule has 2 heterocycles. The van der Waals surface area contributed by atoms with E-state index in [1.54, 1.807) is 42.5 Å².